The van der Waals surface area contributed by atoms with E-state index in [0.29, 0.717) is 12.5 Å². The smallest absolute Gasteiger partial charge is 0.226 e. The summed E-state index contributed by atoms with van der Waals surface area (Å²) in [5.41, 5.74) is 0.787. The first-order chi connectivity index (χ1) is 15.2. The molecule has 0 spiro atoms. The van der Waals surface area contributed by atoms with Crippen LogP contribution in [0.3, 0.4) is 0 Å². The SMILES string of the molecule is CCN1C(=NC2CCCCC2)SCC1CC(=O)Nc1ccc(Oc2ccccc2)cc1.Cl. The molecule has 1 unspecified atom stereocenters. The number of hydrogen-bond acceptors (Lipinski definition) is 4. The molecular weight excluding hydrogens is 442 g/mol. The van der Waals surface area contributed by atoms with Crippen LogP contribution in [0, 0.1) is 0 Å². The number of ether oxygens (including phenoxy) is 1. The largest absolute Gasteiger partial charge is 0.457 e. The summed E-state index contributed by atoms with van der Waals surface area (Å²) >= 11 is 1.81. The molecule has 2 aromatic rings. The van der Waals surface area contributed by atoms with Crippen LogP contribution in [-0.2, 0) is 4.79 Å². The number of amides is 1. The van der Waals surface area contributed by atoms with E-state index in [-0.39, 0.29) is 24.4 Å². The molecule has 1 aliphatic heterocycles. The van der Waals surface area contributed by atoms with Crippen molar-refractivity contribution in [3.05, 3.63) is 54.6 Å². The molecule has 2 aromatic carbocycles. The highest BCUT2D eigenvalue weighted by Gasteiger charge is 2.31. The average molecular weight is 474 g/mol. The summed E-state index contributed by atoms with van der Waals surface area (Å²) in [6, 6.07) is 17.9. The minimum atomic E-state index is 0. The van der Waals surface area contributed by atoms with Crippen LogP contribution >= 0.6 is 24.2 Å². The Morgan fingerprint density at radius 1 is 1.06 bits per heavy atom. The molecule has 1 saturated carbocycles. The standard InChI is InChI=1S/C25H31N3O2S.ClH/c1-2-28-21(18-31-25(28)27-19-9-5-3-6-10-19)17-24(29)26-20-13-15-23(16-14-20)30-22-11-7-4-8-12-22;/h4,7-8,11-16,19,21H,2-3,5-6,9-10,17-18H2,1H3,(H,26,29);1H. The molecule has 4 rings (SSSR count). The normalized spacial score (nSPS) is 20.1. The lowest BCUT2D eigenvalue weighted by Crippen LogP contribution is -2.37. The molecule has 1 atom stereocenters. The third-order valence-corrected chi connectivity index (χ3v) is 6.99. The van der Waals surface area contributed by atoms with Gasteiger partial charge < -0.3 is 15.0 Å². The Labute approximate surface area is 201 Å². The van der Waals surface area contributed by atoms with Gasteiger partial charge in [-0.3, -0.25) is 9.79 Å². The first-order valence-corrected chi connectivity index (χ1v) is 12.3. The fourth-order valence-electron chi connectivity index (χ4n) is 4.20. The molecule has 5 nitrogen and oxygen atoms in total. The summed E-state index contributed by atoms with van der Waals surface area (Å²) in [6.45, 7) is 3.04. The Kier molecular flexibility index (Phi) is 9.30. The number of hydrogen-bond donors (Lipinski definition) is 1. The van der Waals surface area contributed by atoms with Gasteiger partial charge in [-0.2, -0.15) is 0 Å². The van der Waals surface area contributed by atoms with Crippen molar-refractivity contribution < 1.29 is 9.53 Å². The van der Waals surface area contributed by atoms with E-state index in [4.69, 9.17) is 9.73 Å². The maximum Gasteiger partial charge on any atom is 0.226 e. The van der Waals surface area contributed by atoms with Crippen LogP contribution in [0.15, 0.2) is 59.6 Å². The Morgan fingerprint density at radius 3 is 2.44 bits per heavy atom. The molecule has 32 heavy (non-hydrogen) atoms. The lowest BCUT2D eigenvalue weighted by Gasteiger charge is -2.26. The van der Waals surface area contributed by atoms with Crippen molar-refractivity contribution in [1.29, 1.82) is 0 Å². The number of para-hydroxylation sites is 1. The van der Waals surface area contributed by atoms with Crippen LogP contribution in [0.2, 0.25) is 0 Å². The Bertz CT molecular complexity index is 886. The maximum atomic E-state index is 12.7. The van der Waals surface area contributed by atoms with Crippen LogP contribution in [0.4, 0.5) is 5.69 Å². The first-order valence-electron chi connectivity index (χ1n) is 11.3. The molecule has 0 radical (unpaired) electrons. The lowest BCUT2D eigenvalue weighted by molar-refractivity contribution is -0.116. The van der Waals surface area contributed by atoms with Gasteiger partial charge in [0.25, 0.3) is 0 Å². The highest BCUT2D eigenvalue weighted by molar-refractivity contribution is 8.14. The molecule has 1 aliphatic carbocycles. The fraction of sp³-hybridized carbons (Fsp3) is 0.440. The van der Waals surface area contributed by atoms with Crippen molar-refractivity contribution in [3.8, 4) is 11.5 Å². The summed E-state index contributed by atoms with van der Waals surface area (Å²) in [6.07, 6.45) is 6.81. The van der Waals surface area contributed by atoms with E-state index >= 15 is 0 Å². The second kappa shape index (κ2) is 12.2. The van der Waals surface area contributed by atoms with E-state index in [1.54, 1.807) is 0 Å². The van der Waals surface area contributed by atoms with E-state index in [2.05, 4.69) is 17.1 Å². The van der Waals surface area contributed by atoms with Crippen LogP contribution in [0.1, 0.15) is 45.4 Å². The number of thioether (sulfide) groups is 1. The quantitative estimate of drug-likeness (QED) is 0.508. The van der Waals surface area contributed by atoms with E-state index in [1.807, 2.05) is 66.4 Å². The van der Waals surface area contributed by atoms with Gasteiger partial charge in [-0.25, -0.2) is 0 Å². The van der Waals surface area contributed by atoms with Gasteiger partial charge in [0.1, 0.15) is 11.5 Å². The summed E-state index contributed by atoms with van der Waals surface area (Å²) < 4.78 is 5.81. The number of nitrogens with one attached hydrogen (secondary N) is 1. The molecular formula is C25H32ClN3O2S. The molecule has 1 amide bonds. The van der Waals surface area contributed by atoms with Crippen LogP contribution in [0.5, 0.6) is 11.5 Å². The third kappa shape index (κ3) is 6.66. The molecule has 1 N–H and O–H groups in total. The monoisotopic (exact) mass is 473 g/mol. The van der Waals surface area contributed by atoms with Crippen LogP contribution < -0.4 is 10.1 Å². The van der Waals surface area contributed by atoms with Gasteiger partial charge in [-0.05, 0) is 56.2 Å². The Balaban J connectivity index is 0.00000289. The van der Waals surface area contributed by atoms with E-state index < -0.39 is 0 Å². The minimum absolute atomic E-state index is 0. The molecule has 1 heterocycles. The van der Waals surface area contributed by atoms with E-state index in [0.717, 1.165) is 34.7 Å². The third-order valence-electron chi connectivity index (χ3n) is 5.84. The van der Waals surface area contributed by atoms with Crippen molar-refractivity contribution in [2.24, 2.45) is 4.99 Å². The number of aliphatic imine (C=N–C) groups is 1. The lowest BCUT2D eigenvalue weighted by atomic mass is 9.96. The number of anilines is 1. The molecule has 0 aromatic heterocycles. The highest BCUT2D eigenvalue weighted by atomic mass is 35.5. The van der Waals surface area contributed by atoms with E-state index in [1.165, 1.54) is 32.1 Å². The molecule has 2 fully saturated rings. The van der Waals surface area contributed by atoms with Gasteiger partial charge in [0.15, 0.2) is 5.17 Å². The van der Waals surface area contributed by atoms with Crippen LogP contribution in [-0.4, -0.2) is 40.4 Å². The van der Waals surface area contributed by atoms with Gasteiger partial charge in [-0.15, -0.1) is 12.4 Å². The summed E-state index contributed by atoms with van der Waals surface area (Å²) in [7, 11) is 0. The van der Waals surface area contributed by atoms with E-state index in [9.17, 15) is 4.79 Å². The van der Waals surface area contributed by atoms with Crippen LogP contribution in [0.25, 0.3) is 0 Å². The van der Waals surface area contributed by atoms with Gasteiger partial charge in [0.2, 0.25) is 5.91 Å². The average Bonchev–Trinajstić information content (AvgIpc) is 3.17. The first kappa shape index (κ1) is 24.5. The van der Waals surface area contributed by atoms with Crippen molar-refractivity contribution >= 4 is 40.9 Å². The maximum absolute atomic E-state index is 12.7. The Hall–Kier alpha value is -2.18. The van der Waals surface area contributed by atoms with Gasteiger partial charge in [-0.1, -0.05) is 49.2 Å². The van der Waals surface area contributed by atoms with Crippen molar-refractivity contribution in [3.63, 3.8) is 0 Å². The van der Waals surface area contributed by atoms with Crippen molar-refractivity contribution in [1.82, 2.24) is 4.90 Å². The summed E-state index contributed by atoms with van der Waals surface area (Å²) in [4.78, 5) is 20.0. The fourth-order valence-corrected chi connectivity index (χ4v) is 5.50. The second-order valence-corrected chi connectivity index (χ2v) is 9.13. The number of halogens is 1. The molecule has 1 saturated heterocycles. The zero-order chi connectivity index (χ0) is 21.5. The number of carbonyl (C=O) groups is 1. The predicted octanol–water partition coefficient (Wildman–Crippen LogP) is 6.36. The predicted molar refractivity (Wildman–Crippen MR) is 136 cm³/mol. The Morgan fingerprint density at radius 2 is 1.75 bits per heavy atom. The molecule has 7 heteroatoms. The number of nitrogens with zero attached hydrogens (tertiary/aromatic N) is 2. The summed E-state index contributed by atoms with van der Waals surface area (Å²) in [5, 5.41) is 4.16. The number of rotatable bonds is 7. The number of amidine groups is 1. The zero-order valence-corrected chi connectivity index (χ0v) is 20.2. The van der Waals surface area contributed by atoms with Gasteiger partial charge >= 0.3 is 0 Å². The van der Waals surface area contributed by atoms with Gasteiger partial charge in [0, 0.05) is 30.4 Å². The molecule has 172 valence electrons. The number of carbonyl (C=O) groups excluding carboxylic acids is 1. The topological polar surface area (TPSA) is 53.9 Å². The molecule has 2 aliphatic rings. The van der Waals surface area contributed by atoms with Crippen molar-refractivity contribution in [2.75, 3.05) is 17.6 Å². The second-order valence-electron chi connectivity index (χ2n) is 8.15. The highest BCUT2D eigenvalue weighted by Crippen LogP contribution is 2.29. The summed E-state index contributed by atoms with van der Waals surface area (Å²) in [5.74, 6) is 2.51. The molecule has 0 bridgehead atoms. The number of benzene rings is 2. The van der Waals surface area contributed by atoms with Gasteiger partial charge in [0.05, 0.1) is 6.04 Å². The van der Waals surface area contributed by atoms with Crippen molar-refractivity contribution in [2.45, 2.75) is 57.5 Å². The minimum Gasteiger partial charge on any atom is -0.457 e. The zero-order valence-electron chi connectivity index (χ0n) is 18.5.